The van der Waals surface area contributed by atoms with E-state index in [0.717, 1.165) is 45.2 Å². The number of nitrogens with zero attached hydrogens (tertiary/aromatic N) is 3. The van der Waals surface area contributed by atoms with E-state index >= 15 is 0 Å². The minimum absolute atomic E-state index is 0. The zero-order valence-corrected chi connectivity index (χ0v) is 20.3. The fourth-order valence-electron chi connectivity index (χ4n) is 3.38. The number of hydrogen-bond donors (Lipinski definition) is 3. The molecule has 0 amide bonds. The predicted octanol–water partition coefficient (Wildman–Crippen LogP) is 1.93. The van der Waals surface area contributed by atoms with Crippen LogP contribution in [0.3, 0.4) is 0 Å². The van der Waals surface area contributed by atoms with Crippen molar-refractivity contribution in [1.82, 2.24) is 20.4 Å². The number of halogens is 1. The normalized spacial score (nSPS) is 19.8. The van der Waals surface area contributed by atoms with Crippen LogP contribution in [0.2, 0.25) is 0 Å². The molecule has 1 fully saturated rings. The molecule has 1 aromatic heterocycles. The summed E-state index contributed by atoms with van der Waals surface area (Å²) in [6, 6.07) is 4.01. The van der Waals surface area contributed by atoms with Crippen LogP contribution in [0.1, 0.15) is 33.5 Å². The van der Waals surface area contributed by atoms with Gasteiger partial charge in [0.05, 0.1) is 12.8 Å². The Bertz CT molecular complexity index is 569. The molecule has 0 saturated carbocycles. The Balaban J connectivity index is 0.00000392. The number of furan rings is 1. The van der Waals surface area contributed by atoms with Crippen molar-refractivity contribution in [3.63, 3.8) is 0 Å². The summed E-state index contributed by atoms with van der Waals surface area (Å²) in [5, 5.41) is 17.4. The molecule has 7 nitrogen and oxygen atoms in total. The van der Waals surface area contributed by atoms with Gasteiger partial charge in [-0.2, -0.15) is 0 Å². The molecule has 1 saturated heterocycles. The third kappa shape index (κ3) is 7.53. The first kappa shape index (κ1) is 25.2. The van der Waals surface area contributed by atoms with Gasteiger partial charge in [0.25, 0.3) is 0 Å². The third-order valence-corrected chi connectivity index (χ3v) is 5.20. The minimum atomic E-state index is -1.12. The average molecular weight is 507 g/mol. The van der Waals surface area contributed by atoms with Gasteiger partial charge in [0.2, 0.25) is 0 Å². The molecule has 1 aliphatic heterocycles. The summed E-state index contributed by atoms with van der Waals surface area (Å²) in [6.07, 6.45) is 1.57. The third-order valence-electron chi connectivity index (χ3n) is 5.20. The summed E-state index contributed by atoms with van der Waals surface area (Å²) in [6.45, 7) is 14.6. The van der Waals surface area contributed by atoms with E-state index in [1.807, 2.05) is 6.92 Å². The maximum atomic E-state index is 10.6. The highest BCUT2D eigenvalue weighted by Crippen LogP contribution is 2.21. The summed E-state index contributed by atoms with van der Waals surface area (Å²) >= 11 is 0. The Kier molecular flexibility index (Phi) is 10.8. The van der Waals surface area contributed by atoms with E-state index in [-0.39, 0.29) is 30.5 Å². The first-order valence-corrected chi connectivity index (χ1v) is 10.0. The quantitative estimate of drug-likeness (QED) is 0.284. The van der Waals surface area contributed by atoms with Gasteiger partial charge < -0.3 is 25.1 Å². The van der Waals surface area contributed by atoms with Crippen LogP contribution < -0.4 is 10.6 Å². The van der Waals surface area contributed by atoms with E-state index in [2.05, 4.69) is 46.3 Å². The molecule has 0 bridgehead atoms. The number of piperazine rings is 1. The van der Waals surface area contributed by atoms with Crippen molar-refractivity contribution in [1.29, 1.82) is 0 Å². The van der Waals surface area contributed by atoms with E-state index in [4.69, 9.17) is 4.42 Å². The summed E-state index contributed by atoms with van der Waals surface area (Å²) in [5.74, 6) is 1.80. The Morgan fingerprint density at radius 1 is 1.29 bits per heavy atom. The fraction of sp³-hybridized carbons (Fsp3) is 0.750. The summed E-state index contributed by atoms with van der Waals surface area (Å²) in [5.41, 5.74) is -1.12. The van der Waals surface area contributed by atoms with Crippen LogP contribution in [0.15, 0.2) is 27.8 Å². The summed E-state index contributed by atoms with van der Waals surface area (Å²) < 4.78 is 5.34. The van der Waals surface area contributed by atoms with Gasteiger partial charge in [-0.05, 0) is 38.9 Å². The maximum absolute atomic E-state index is 10.6. The molecule has 3 N–H and O–H groups in total. The molecule has 0 radical (unpaired) electrons. The van der Waals surface area contributed by atoms with Gasteiger partial charge in [0.1, 0.15) is 11.4 Å². The highest BCUT2D eigenvalue weighted by Gasteiger charge is 2.27. The smallest absolute Gasteiger partial charge is 0.191 e. The Morgan fingerprint density at radius 2 is 1.96 bits per heavy atom. The molecule has 0 spiro atoms. The van der Waals surface area contributed by atoms with Gasteiger partial charge in [-0.1, -0.05) is 13.8 Å². The number of aliphatic hydroxyl groups is 1. The molecular formula is C20H38IN5O2. The van der Waals surface area contributed by atoms with E-state index in [1.165, 1.54) is 0 Å². The van der Waals surface area contributed by atoms with Crippen LogP contribution in [-0.4, -0.2) is 79.8 Å². The summed E-state index contributed by atoms with van der Waals surface area (Å²) in [4.78, 5) is 9.54. The van der Waals surface area contributed by atoms with E-state index in [0.29, 0.717) is 17.7 Å². The number of nitrogens with one attached hydrogen (secondary N) is 2. The van der Waals surface area contributed by atoms with Crippen LogP contribution in [0.4, 0.5) is 0 Å². The molecule has 2 rings (SSSR count). The Labute approximate surface area is 187 Å². The zero-order chi connectivity index (χ0) is 19.9. The van der Waals surface area contributed by atoms with Crippen molar-refractivity contribution in [3.8, 4) is 0 Å². The van der Waals surface area contributed by atoms with E-state index in [1.54, 1.807) is 25.3 Å². The standard InChI is InChI=1S/C20H37N5O2.HI/c1-6-21-19(23-15-20(4,26)18-8-7-13-27-18)22-14-17(16(2)3)25-11-9-24(5)10-12-25;/h7-8,13,16-17,26H,6,9-12,14-15H2,1-5H3,(H2,21,22,23);1H. The predicted molar refractivity (Wildman–Crippen MR) is 125 cm³/mol. The van der Waals surface area contributed by atoms with Crippen molar-refractivity contribution >= 4 is 29.9 Å². The highest BCUT2D eigenvalue weighted by molar-refractivity contribution is 14.0. The van der Waals surface area contributed by atoms with Gasteiger partial charge in [0, 0.05) is 45.3 Å². The monoisotopic (exact) mass is 507 g/mol. The first-order valence-electron chi connectivity index (χ1n) is 10.0. The van der Waals surface area contributed by atoms with Crippen LogP contribution >= 0.6 is 24.0 Å². The zero-order valence-electron chi connectivity index (χ0n) is 17.9. The Hall–Kier alpha value is -0.840. The SMILES string of the molecule is CCNC(=NCC(C)(O)c1ccco1)NCC(C(C)C)N1CCN(C)CC1.I. The van der Waals surface area contributed by atoms with Gasteiger partial charge >= 0.3 is 0 Å². The van der Waals surface area contributed by atoms with Crippen LogP contribution in [0.25, 0.3) is 0 Å². The van der Waals surface area contributed by atoms with Gasteiger partial charge in [-0.15, -0.1) is 24.0 Å². The Morgan fingerprint density at radius 3 is 2.50 bits per heavy atom. The molecule has 28 heavy (non-hydrogen) atoms. The van der Waals surface area contributed by atoms with Crippen molar-refractivity contribution in [2.24, 2.45) is 10.9 Å². The molecule has 162 valence electrons. The largest absolute Gasteiger partial charge is 0.466 e. The van der Waals surface area contributed by atoms with Gasteiger partial charge in [-0.3, -0.25) is 4.90 Å². The first-order chi connectivity index (χ1) is 12.8. The number of aliphatic imine (C=N–C) groups is 1. The highest BCUT2D eigenvalue weighted by atomic mass is 127. The number of rotatable bonds is 8. The van der Waals surface area contributed by atoms with Crippen molar-refractivity contribution in [2.75, 3.05) is 52.9 Å². The molecule has 2 unspecified atom stereocenters. The topological polar surface area (TPSA) is 76.3 Å². The molecule has 1 aliphatic rings. The second kappa shape index (κ2) is 12.0. The minimum Gasteiger partial charge on any atom is -0.466 e. The number of hydrogen-bond acceptors (Lipinski definition) is 5. The van der Waals surface area contributed by atoms with Crippen LogP contribution in [-0.2, 0) is 5.60 Å². The molecular weight excluding hydrogens is 469 g/mol. The molecule has 8 heteroatoms. The van der Waals surface area contributed by atoms with Crippen molar-refractivity contribution < 1.29 is 9.52 Å². The second-order valence-corrected chi connectivity index (χ2v) is 7.98. The lowest BCUT2D eigenvalue weighted by atomic mass is 10.0. The second-order valence-electron chi connectivity index (χ2n) is 7.98. The number of guanidine groups is 1. The van der Waals surface area contributed by atoms with E-state index in [9.17, 15) is 5.11 Å². The molecule has 1 aromatic rings. The fourth-order valence-corrected chi connectivity index (χ4v) is 3.38. The lowest BCUT2D eigenvalue weighted by molar-refractivity contribution is 0.0436. The maximum Gasteiger partial charge on any atom is 0.191 e. The van der Waals surface area contributed by atoms with Crippen molar-refractivity contribution in [3.05, 3.63) is 24.2 Å². The van der Waals surface area contributed by atoms with Crippen molar-refractivity contribution in [2.45, 2.75) is 39.3 Å². The lowest BCUT2D eigenvalue weighted by Crippen LogP contribution is -2.55. The average Bonchev–Trinajstić information content (AvgIpc) is 3.16. The summed E-state index contributed by atoms with van der Waals surface area (Å²) in [7, 11) is 2.18. The van der Waals surface area contributed by atoms with Crippen LogP contribution in [0, 0.1) is 5.92 Å². The lowest BCUT2D eigenvalue weighted by Gasteiger charge is -2.40. The van der Waals surface area contributed by atoms with Gasteiger partial charge in [-0.25, -0.2) is 4.99 Å². The van der Waals surface area contributed by atoms with Crippen LogP contribution in [0.5, 0.6) is 0 Å². The molecule has 0 aliphatic carbocycles. The molecule has 0 aromatic carbocycles. The molecule has 2 atom stereocenters. The molecule has 2 heterocycles. The van der Waals surface area contributed by atoms with E-state index < -0.39 is 5.60 Å². The number of likely N-dealkylation sites (N-methyl/N-ethyl adjacent to an activating group) is 1. The van der Waals surface area contributed by atoms with Gasteiger partial charge in [0.15, 0.2) is 5.96 Å².